The molecule has 6 rings (SSSR count). The highest BCUT2D eigenvalue weighted by Crippen LogP contribution is 2.37. The number of carboxylic acids is 1. The Bertz CT molecular complexity index is 1660. The number of aromatic nitrogens is 1. The van der Waals surface area contributed by atoms with Gasteiger partial charge in [0.15, 0.2) is 11.6 Å². The minimum atomic E-state index is -1.13. The molecule has 42 heavy (non-hydrogen) atoms. The number of rotatable bonds is 7. The molecule has 0 spiro atoms. The summed E-state index contributed by atoms with van der Waals surface area (Å²) in [4.78, 5) is 19.5. The molecule has 1 aromatic heterocycles. The first kappa shape index (κ1) is 28.3. The molecule has 3 heterocycles. The number of benzene rings is 3. The van der Waals surface area contributed by atoms with Gasteiger partial charge in [0.05, 0.1) is 12.2 Å². The normalized spacial score (nSPS) is 17.6. The Morgan fingerprint density at radius 1 is 1.05 bits per heavy atom. The zero-order valence-electron chi connectivity index (χ0n) is 23.6. The maximum absolute atomic E-state index is 14.8. The van der Waals surface area contributed by atoms with Crippen LogP contribution in [0.3, 0.4) is 0 Å². The molecule has 0 amide bonds. The Balaban J connectivity index is 1.18. The molecule has 0 unspecified atom stereocenters. The lowest BCUT2D eigenvalue weighted by Gasteiger charge is -2.39. The van der Waals surface area contributed by atoms with Crippen molar-refractivity contribution in [2.75, 3.05) is 44.2 Å². The van der Waals surface area contributed by atoms with Crippen molar-refractivity contribution in [2.24, 2.45) is 0 Å². The molecular formula is C33H33ClFN3O4. The van der Waals surface area contributed by atoms with Crippen LogP contribution in [0.4, 0.5) is 10.1 Å². The summed E-state index contributed by atoms with van der Waals surface area (Å²) in [6, 6.07) is 17.8. The second-order valence-corrected chi connectivity index (χ2v) is 11.9. The molecule has 1 fully saturated rings. The summed E-state index contributed by atoms with van der Waals surface area (Å²) < 4.78 is 26.8. The summed E-state index contributed by atoms with van der Waals surface area (Å²) in [5, 5.41) is 11.3. The van der Waals surface area contributed by atoms with Gasteiger partial charge in [-0.05, 0) is 67.0 Å². The number of H-pyrrole nitrogens is 1. The number of ether oxygens (including phenoxy) is 2. The number of carbonyl (C=O) groups is 1. The molecule has 218 valence electrons. The number of aromatic amines is 1. The second-order valence-electron chi connectivity index (χ2n) is 11.5. The molecule has 0 atom stereocenters. The van der Waals surface area contributed by atoms with Crippen LogP contribution in [0.2, 0.25) is 5.02 Å². The minimum absolute atomic E-state index is 0.0192. The van der Waals surface area contributed by atoms with E-state index >= 15 is 0 Å². The van der Waals surface area contributed by atoms with Crippen molar-refractivity contribution < 1.29 is 23.8 Å². The molecule has 9 heteroatoms. The number of halogens is 2. The number of fused-ring (bicyclic) bond motifs is 1. The predicted octanol–water partition coefficient (Wildman–Crippen LogP) is 7.23. The first-order valence-corrected chi connectivity index (χ1v) is 14.4. The minimum Gasteiger partial charge on any atom is -0.478 e. The molecule has 0 radical (unpaired) electrons. The SMILES string of the molecule is CC1(C)CC(c2ccc(Cl)cc2)=C(CN2CCN(c3ccc(C(=O)O)c(Oc4cc5cc[nH]c5cc4F)c3)CC2)CO1. The van der Waals surface area contributed by atoms with Crippen LogP contribution in [-0.4, -0.2) is 65.9 Å². The molecule has 2 aliphatic heterocycles. The number of nitrogens with one attached hydrogen (secondary N) is 1. The lowest BCUT2D eigenvalue weighted by Crippen LogP contribution is -2.47. The number of hydrogen-bond donors (Lipinski definition) is 2. The average Bonchev–Trinajstić information content (AvgIpc) is 3.42. The van der Waals surface area contributed by atoms with Crippen LogP contribution in [0.1, 0.15) is 36.2 Å². The fraction of sp³-hybridized carbons (Fsp3) is 0.303. The highest BCUT2D eigenvalue weighted by Gasteiger charge is 2.30. The molecule has 2 aliphatic rings. The van der Waals surface area contributed by atoms with Gasteiger partial charge in [0, 0.05) is 79.1 Å². The van der Waals surface area contributed by atoms with Crippen LogP contribution < -0.4 is 9.64 Å². The molecule has 1 saturated heterocycles. The monoisotopic (exact) mass is 589 g/mol. The molecule has 3 aromatic carbocycles. The van der Waals surface area contributed by atoms with Crippen molar-refractivity contribution in [1.29, 1.82) is 0 Å². The van der Waals surface area contributed by atoms with Gasteiger partial charge in [0.1, 0.15) is 11.3 Å². The van der Waals surface area contributed by atoms with Crippen LogP contribution in [0.5, 0.6) is 11.5 Å². The molecule has 7 nitrogen and oxygen atoms in total. The van der Waals surface area contributed by atoms with Gasteiger partial charge in [-0.25, -0.2) is 9.18 Å². The van der Waals surface area contributed by atoms with E-state index in [1.54, 1.807) is 24.4 Å². The Morgan fingerprint density at radius 3 is 2.55 bits per heavy atom. The first-order valence-electron chi connectivity index (χ1n) is 14.1. The van der Waals surface area contributed by atoms with Crippen molar-refractivity contribution in [3.8, 4) is 11.5 Å². The highest BCUT2D eigenvalue weighted by atomic mass is 35.5. The maximum atomic E-state index is 14.8. The van der Waals surface area contributed by atoms with Gasteiger partial charge in [0.25, 0.3) is 0 Å². The van der Waals surface area contributed by atoms with E-state index in [1.807, 2.05) is 18.2 Å². The van der Waals surface area contributed by atoms with Crippen molar-refractivity contribution in [3.05, 3.63) is 94.4 Å². The topological polar surface area (TPSA) is 78.0 Å². The Labute approximate surface area is 249 Å². The molecule has 0 bridgehead atoms. The molecule has 2 N–H and O–H groups in total. The van der Waals surface area contributed by atoms with Crippen LogP contribution in [-0.2, 0) is 4.74 Å². The molecule has 0 saturated carbocycles. The van der Waals surface area contributed by atoms with Gasteiger partial charge < -0.3 is 24.5 Å². The van der Waals surface area contributed by atoms with Gasteiger partial charge in [-0.2, -0.15) is 0 Å². The van der Waals surface area contributed by atoms with Crippen LogP contribution >= 0.6 is 11.6 Å². The van der Waals surface area contributed by atoms with Crippen molar-refractivity contribution in [3.63, 3.8) is 0 Å². The lowest BCUT2D eigenvalue weighted by atomic mass is 9.87. The van der Waals surface area contributed by atoms with E-state index in [-0.39, 0.29) is 22.7 Å². The van der Waals surface area contributed by atoms with Gasteiger partial charge in [-0.1, -0.05) is 23.7 Å². The van der Waals surface area contributed by atoms with E-state index in [9.17, 15) is 14.3 Å². The summed E-state index contributed by atoms with van der Waals surface area (Å²) >= 11 is 6.15. The van der Waals surface area contributed by atoms with Crippen LogP contribution in [0.15, 0.2) is 72.4 Å². The summed E-state index contributed by atoms with van der Waals surface area (Å²) in [6.07, 6.45) is 2.55. The Morgan fingerprint density at radius 2 is 1.81 bits per heavy atom. The molecule has 0 aliphatic carbocycles. The summed E-state index contributed by atoms with van der Waals surface area (Å²) in [6.45, 7) is 8.82. The zero-order valence-corrected chi connectivity index (χ0v) is 24.4. The van der Waals surface area contributed by atoms with E-state index in [2.05, 4.69) is 40.8 Å². The Hall–Kier alpha value is -3.85. The average molecular weight is 590 g/mol. The predicted molar refractivity (Wildman–Crippen MR) is 163 cm³/mol. The van der Waals surface area contributed by atoms with E-state index in [4.69, 9.17) is 21.1 Å². The highest BCUT2D eigenvalue weighted by molar-refractivity contribution is 6.30. The number of anilines is 1. The van der Waals surface area contributed by atoms with Gasteiger partial charge in [-0.3, -0.25) is 4.90 Å². The number of hydrogen-bond acceptors (Lipinski definition) is 5. The van der Waals surface area contributed by atoms with Gasteiger partial charge in [0.2, 0.25) is 0 Å². The smallest absolute Gasteiger partial charge is 0.339 e. The number of aromatic carboxylic acids is 1. The molecule has 4 aromatic rings. The fourth-order valence-electron chi connectivity index (χ4n) is 5.72. The summed E-state index contributed by atoms with van der Waals surface area (Å²) in [5.41, 5.74) is 5.02. The maximum Gasteiger partial charge on any atom is 0.339 e. The van der Waals surface area contributed by atoms with Crippen molar-refractivity contribution in [1.82, 2.24) is 9.88 Å². The second kappa shape index (κ2) is 11.4. The molecular weight excluding hydrogens is 557 g/mol. The third kappa shape index (κ3) is 6.02. The zero-order chi connectivity index (χ0) is 29.4. The lowest BCUT2D eigenvalue weighted by molar-refractivity contribution is -0.0101. The fourth-order valence-corrected chi connectivity index (χ4v) is 5.85. The quantitative estimate of drug-likeness (QED) is 0.237. The van der Waals surface area contributed by atoms with E-state index in [0.717, 1.165) is 55.2 Å². The van der Waals surface area contributed by atoms with E-state index in [0.29, 0.717) is 12.1 Å². The number of carboxylic acid groups (broad SMARTS) is 1. The van der Waals surface area contributed by atoms with Gasteiger partial charge >= 0.3 is 5.97 Å². The number of nitrogens with zero attached hydrogens (tertiary/aromatic N) is 2. The van der Waals surface area contributed by atoms with E-state index in [1.165, 1.54) is 28.8 Å². The van der Waals surface area contributed by atoms with E-state index < -0.39 is 11.8 Å². The van der Waals surface area contributed by atoms with Gasteiger partial charge in [-0.15, -0.1) is 0 Å². The van der Waals surface area contributed by atoms with Crippen LogP contribution in [0, 0.1) is 5.82 Å². The summed E-state index contributed by atoms with van der Waals surface area (Å²) in [7, 11) is 0. The number of piperazine rings is 1. The third-order valence-electron chi connectivity index (χ3n) is 8.03. The first-order chi connectivity index (χ1) is 20.1. The summed E-state index contributed by atoms with van der Waals surface area (Å²) in [5.74, 6) is -1.61. The van der Waals surface area contributed by atoms with Crippen LogP contribution in [0.25, 0.3) is 16.5 Å². The largest absolute Gasteiger partial charge is 0.478 e. The Kier molecular flexibility index (Phi) is 7.70. The standard InChI is InChI=1S/C33H33ClFN3O4/c1-33(2)18-27(21-3-5-24(34)6-4-21)23(20-41-33)19-37-11-13-38(14-12-37)25-7-8-26(32(39)40)30(16-25)42-31-15-22-9-10-36-29(22)17-28(31)35/h3-10,15-17,36H,11-14,18-20H2,1-2H3,(H,39,40). The third-order valence-corrected chi connectivity index (χ3v) is 8.28. The van der Waals surface area contributed by atoms with Crippen molar-refractivity contribution >= 4 is 39.7 Å². The van der Waals surface area contributed by atoms with Crippen molar-refractivity contribution in [2.45, 2.75) is 25.9 Å².